The summed E-state index contributed by atoms with van der Waals surface area (Å²) in [7, 11) is 0. The second kappa shape index (κ2) is 11.8. The van der Waals surface area contributed by atoms with E-state index in [1.54, 1.807) is 0 Å². The van der Waals surface area contributed by atoms with Crippen LogP contribution in [0, 0.1) is 0 Å². The third kappa shape index (κ3) is 10.8. The van der Waals surface area contributed by atoms with Crippen molar-refractivity contribution in [3.05, 3.63) is 0 Å². The van der Waals surface area contributed by atoms with E-state index in [-0.39, 0.29) is 0 Å². The smallest absolute Gasteiger partial charge is 0.191 e. The average molecular weight is 200 g/mol. The zero-order chi connectivity index (χ0) is 9.07. The first kappa shape index (κ1) is 12.8. The van der Waals surface area contributed by atoms with Crippen LogP contribution < -0.4 is 0 Å². The van der Waals surface area contributed by atoms with Crippen LogP contribution >= 0.6 is 23.2 Å². The highest BCUT2D eigenvalue weighted by Crippen LogP contribution is 2.08. The van der Waals surface area contributed by atoms with Gasteiger partial charge in [-0.3, -0.25) is 0 Å². The Morgan fingerprint density at radius 2 is 1.25 bits per heavy atom. The molecule has 68 valence electrons. The van der Waals surface area contributed by atoms with Crippen molar-refractivity contribution in [3.63, 3.8) is 0 Å². The van der Waals surface area contributed by atoms with Crippen molar-refractivity contribution in [2.45, 2.75) is 39.3 Å². The molecule has 0 fully saturated rings. The second-order valence-corrected chi connectivity index (χ2v) is 4.75. The first-order chi connectivity index (χ1) is 5.91. The molecule has 0 heterocycles. The average Bonchev–Trinajstić information content (AvgIpc) is 2.10. The van der Waals surface area contributed by atoms with Crippen molar-refractivity contribution in [3.8, 4) is 0 Å². The molecule has 0 N–H and O–H groups in total. The fourth-order valence-electron chi connectivity index (χ4n) is 0.773. The van der Waals surface area contributed by atoms with E-state index in [4.69, 9.17) is 0 Å². The van der Waals surface area contributed by atoms with Gasteiger partial charge in [0.15, 0.2) is 13.1 Å². The van der Waals surface area contributed by atoms with Gasteiger partial charge in [0, 0.05) is 0 Å². The molecule has 0 amide bonds. The van der Waals surface area contributed by atoms with Crippen LogP contribution in [0.25, 0.3) is 0 Å². The molecule has 0 aliphatic heterocycles. The van der Waals surface area contributed by atoms with Crippen LogP contribution in [0.5, 0.6) is 0 Å². The van der Waals surface area contributed by atoms with Crippen molar-refractivity contribution in [2.24, 2.45) is 0 Å². The molecular formula is C8H18B2S2. The van der Waals surface area contributed by atoms with Gasteiger partial charge in [-0.15, -0.1) is 0 Å². The number of hydrogen-bond acceptors (Lipinski definition) is 2. The molecule has 0 saturated heterocycles. The lowest BCUT2D eigenvalue weighted by Crippen LogP contribution is -1.89. The highest BCUT2D eigenvalue weighted by molar-refractivity contribution is 8.22. The van der Waals surface area contributed by atoms with Gasteiger partial charge in [0.25, 0.3) is 0 Å². The van der Waals surface area contributed by atoms with Crippen LogP contribution in [0.2, 0.25) is 12.6 Å². The standard InChI is InChI=1S/C8H18B2S2/c1-3-9-11-7-5-6-8-12-10-4-2/h3-8H2,1-2H3. The minimum Gasteiger partial charge on any atom is -0.218 e. The van der Waals surface area contributed by atoms with Crippen LogP contribution in [-0.2, 0) is 0 Å². The zero-order valence-corrected chi connectivity index (χ0v) is 9.85. The van der Waals surface area contributed by atoms with E-state index in [0.29, 0.717) is 0 Å². The normalized spacial score (nSPS) is 9.83. The van der Waals surface area contributed by atoms with Crippen molar-refractivity contribution in [1.29, 1.82) is 0 Å². The van der Waals surface area contributed by atoms with E-state index in [0.717, 1.165) is 0 Å². The zero-order valence-electron chi connectivity index (χ0n) is 8.21. The number of rotatable bonds is 9. The van der Waals surface area contributed by atoms with E-state index >= 15 is 0 Å². The molecule has 0 spiro atoms. The summed E-state index contributed by atoms with van der Waals surface area (Å²) >= 11 is 3.95. The van der Waals surface area contributed by atoms with Gasteiger partial charge in [-0.1, -0.05) is 26.5 Å². The Kier molecular flexibility index (Phi) is 12.6. The van der Waals surface area contributed by atoms with E-state index < -0.39 is 0 Å². The molecule has 0 nitrogen and oxygen atoms in total. The second-order valence-electron chi connectivity index (χ2n) is 2.60. The molecule has 0 unspecified atom stereocenters. The molecule has 0 rings (SSSR count). The monoisotopic (exact) mass is 200 g/mol. The van der Waals surface area contributed by atoms with E-state index in [2.05, 4.69) is 27.0 Å². The van der Waals surface area contributed by atoms with Crippen LogP contribution in [-0.4, -0.2) is 24.6 Å². The first-order valence-electron chi connectivity index (χ1n) is 4.78. The summed E-state index contributed by atoms with van der Waals surface area (Å²) < 4.78 is 0. The van der Waals surface area contributed by atoms with E-state index in [1.807, 2.05) is 23.2 Å². The van der Waals surface area contributed by atoms with Crippen molar-refractivity contribution >= 4 is 36.3 Å². The molecule has 0 aliphatic rings. The third-order valence-corrected chi connectivity index (χ3v) is 3.53. The summed E-state index contributed by atoms with van der Waals surface area (Å²) in [5, 5.41) is 0. The molecule has 0 atom stereocenters. The Hall–Kier alpha value is 0.830. The van der Waals surface area contributed by atoms with Crippen molar-refractivity contribution < 1.29 is 0 Å². The van der Waals surface area contributed by atoms with E-state index in [9.17, 15) is 0 Å². The molecule has 12 heavy (non-hydrogen) atoms. The lowest BCUT2D eigenvalue weighted by Gasteiger charge is -1.99. The van der Waals surface area contributed by atoms with Gasteiger partial charge in [-0.25, -0.2) is 23.2 Å². The number of unbranched alkanes of at least 4 members (excludes halogenated alkanes) is 1. The first-order valence-corrected chi connectivity index (χ1v) is 6.88. The minimum absolute atomic E-state index is 1.20. The maximum Gasteiger partial charge on any atom is 0.191 e. The molecule has 0 aromatic rings. The Morgan fingerprint density at radius 3 is 1.58 bits per heavy atom. The Labute approximate surface area is 87.3 Å². The Morgan fingerprint density at radius 1 is 0.833 bits per heavy atom. The van der Waals surface area contributed by atoms with Gasteiger partial charge in [0.2, 0.25) is 0 Å². The SMILES string of the molecule is CC[B]SCCCCS[B]CC. The lowest BCUT2D eigenvalue weighted by molar-refractivity contribution is 0.911. The maximum atomic E-state index is 2.30. The van der Waals surface area contributed by atoms with Gasteiger partial charge in [0.1, 0.15) is 0 Å². The van der Waals surface area contributed by atoms with E-state index in [1.165, 1.54) is 37.0 Å². The summed E-state index contributed by atoms with van der Waals surface area (Å²) in [5.74, 6) is 2.61. The maximum absolute atomic E-state index is 2.30. The molecule has 2 radical (unpaired) electrons. The van der Waals surface area contributed by atoms with Crippen molar-refractivity contribution in [1.82, 2.24) is 0 Å². The quantitative estimate of drug-likeness (QED) is 0.413. The molecule has 4 heteroatoms. The summed E-state index contributed by atoms with van der Waals surface area (Å²) in [6.07, 6.45) is 5.13. The van der Waals surface area contributed by atoms with Gasteiger partial charge >= 0.3 is 0 Å². The minimum atomic E-state index is 1.20. The highest BCUT2D eigenvalue weighted by Gasteiger charge is 1.91. The summed E-state index contributed by atoms with van der Waals surface area (Å²) in [5.41, 5.74) is 0. The largest absolute Gasteiger partial charge is 0.218 e. The highest BCUT2D eigenvalue weighted by atomic mass is 32.2. The van der Waals surface area contributed by atoms with Crippen LogP contribution in [0.15, 0.2) is 0 Å². The molecule has 0 aromatic carbocycles. The van der Waals surface area contributed by atoms with Gasteiger partial charge in [-0.2, -0.15) is 0 Å². The Balaban J connectivity index is 2.73. The van der Waals surface area contributed by atoms with Crippen LogP contribution in [0.4, 0.5) is 0 Å². The van der Waals surface area contributed by atoms with Crippen LogP contribution in [0.1, 0.15) is 26.7 Å². The molecule has 0 bridgehead atoms. The Bertz CT molecular complexity index is 71.5. The molecule has 0 aromatic heterocycles. The van der Waals surface area contributed by atoms with Crippen LogP contribution in [0.3, 0.4) is 0 Å². The predicted octanol–water partition coefficient (Wildman–Crippen LogP) is 3.35. The third-order valence-electron chi connectivity index (χ3n) is 1.34. The predicted molar refractivity (Wildman–Crippen MR) is 66.6 cm³/mol. The van der Waals surface area contributed by atoms with Gasteiger partial charge < -0.3 is 0 Å². The molecular weight excluding hydrogens is 182 g/mol. The number of hydrogen-bond donors (Lipinski definition) is 0. The molecule has 0 saturated carbocycles. The summed E-state index contributed by atoms with van der Waals surface area (Å²) in [6.45, 7) is 8.98. The summed E-state index contributed by atoms with van der Waals surface area (Å²) in [6, 6.07) is 0. The summed E-state index contributed by atoms with van der Waals surface area (Å²) in [4.78, 5) is 0. The van der Waals surface area contributed by atoms with Gasteiger partial charge in [-0.05, 0) is 24.3 Å². The fraction of sp³-hybridized carbons (Fsp3) is 1.00. The molecule has 0 aliphatic carbocycles. The van der Waals surface area contributed by atoms with Gasteiger partial charge in [0.05, 0.1) is 0 Å². The lowest BCUT2D eigenvalue weighted by atomic mass is 10.1. The van der Waals surface area contributed by atoms with Crippen molar-refractivity contribution in [2.75, 3.05) is 11.5 Å². The fourth-order valence-corrected chi connectivity index (χ4v) is 2.32. The topological polar surface area (TPSA) is 0 Å².